The smallest absolute Gasteiger partial charge is 0.217 e. The first-order valence-corrected chi connectivity index (χ1v) is 14.5. The molecule has 3 heteroatoms. The van der Waals surface area contributed by atoms with E-state index in [0.29, 0.717) is 11.0 Å². The van der Waals surface area contributed by atoms with E-state index >= 15 is 0 Å². The average Bonchev–Trinajstić information content (AvgIpc) is 2.98. The predicted molar refractivity (Wildman–Crippen MR) is 175 cm³/mol. The molecule has 2 nitrogen and oxygen atoms in total. The number of quaternary nitrogens is 1. The van der Waals surface area contributed by atoms with Gasteiger partial charge in [-0.15, -0.1) is 0 Å². The molecule has 0 saturated carbocycles. The van der Waals surface area contributed by atoms with Gasteiger partial charge in [0.05, 0.1) is 27.3 Å². The molecule has 0 spiro atoms. The maximum atomic E-state index is 12.3. The molecule has 0 aliphatic heterocycles. The standard InChI is InChI=1S/C22H24B.C15H18NO/c1-2-3-19-23(20-13-7-4-8-14-20,21-15-9-5-10-16-21)22-17-11-6-12-18-22;1-16(2,3)11-15(17)14-10-6-8-12-7-4-5-9-13(12)14/h4-18H,2-3,19H2,1H3;4-10H,11H2,1-3H3/q-1;+1. The van der Waals surface area contributed by atoms with E-state index < -0.39 is 6.15 Å². The first kappa shape index (κ1) is 29.0. The van der Waals surface area contributed by atoms with Crippen molar-refractivity contribution >= 4 is 39.1 Å². The van der Waals surface area contributed by atoms with Gasteiger partial charge in [0.25, 0.3) is 0 Å². The van der Waals surface area contributed by atoms with Gasteiger partial charge in [-0.1, -0.05) is 153 Å². The quantitative estimate of drug-likeness (QED) is 0.119. The second-order valence-corrected chi connectivity index (χ2v) is 11.8. The van der Waals surface area contributed by atoms with Gasteiger partial charge in [-0.05, 0) is 10.8 Å². The molecule has 0 heterocycles. The normalized spacial score (nSPS) is 11.5. The van der Waals surface area contributed by atoms with Gasteiger partial charge in [0, 0.05) is 5.56 Å². The van der Waals surface area contributed by atoms with E-state index in [-0.39, 0.29) is 5.78 Å². The number of Topliss-reactive ketones (excluding diaryl/α,β-unsaturated/α-hetero) is 1. The first-order valence-electron chi connectivity index (χ1n) is 14.5. The summed E-state index contributed by atoms with van der Waals surface area (Å²) in [6.07, 6.45) is 2.73. The van der Waals surface area contributed by atoms with Crippen LogP contribution in [0.3, 0.4) is 0 Å². The van der Waals surface area contributed by atoms with Crippen molar-refractivity contribution in [2.45, 2.75) is 26.1 Å². The molecule has 0 aromatic heterocycles. The summed E-state index contributed by atoms with van der Waals surface area (Å²) in [5.74, 6) is 0.203. The molecule has 5 rings (SSSR count). The number of hydrogen-bond acceptors (Lipinski definition) is 1. The molecule has 0 atom stereocenters. The minimum Gasteiger partial charge on any atom is -0.324 e. The molecule has 0 aliphatic rings. The highest BCUT2D eigenvalue weighted by molar-refractivity contribution is 7.11. The van der Waals surface area contributed by atoms with Crippen molar-refractivity contribution < 1.29 is 9.28 Å². The van der Waals surface area contributed by atoms with Crippen molar-refractivity contribution in [3.05, 3.63) is 139 Å². The van der Waals surface area contributed by atoms with E-state index in [9.17, 15) is 4.79 Å². The Morgan fingerprint density at radius 2 is 1.05 bits per heavy atom. The van der Waals surface area contributed by atoms with Crippen molar-refractivity contribution in [1.29, 1.82) is 0 Å². The summed E-state index contributed by atoms with van der Waals surface area (Å²) in [4.78, 5) is 12.3. The highest BCUT2D eigenvalue weighted by Gasteiger charge is 2.28. The van der Waals surface area contributed by atoms with Crippen molar-refractivity contribution in [1.82, 2.24) is 0 Å². The Balaban J connectivity index is 0.000000194. The van der Waals surface area contributed by atoms with Crippen LogP contribution in [0.4, 0.5) is 0 Å². The topological polar surface area (TPSA) is 17.1 Å². The summed E-state index contributed by atoms with van der Waals surface area (Å²) >= 11 is 0. The van der Waals surface area contributed by atoms with Crippen molar-refractivity contribution in [2.24, 2.45) is 0 Å². The molecule has 0 fully saturated rings. The third-order valence-electron chi connectivity index (χ3n) is 7.80. The number of ketones is 1. The number of carbonyl (C=O) groups excluding carboxylic acids is 1. The van der Waals surface area contributed by atoms with Crippen LogP contribution < -0.4 is 16.4 Å². The van der Waals surface area contributed by atoms with Crippen molar-refractivity contribution in [3.8, 4) is 0 Å². The second-order valence-electron chi connectivity index (χ2n) is 11.8. The molecule has 0 radical (unpaired) electrons. The van der Waals surface area contributed by atoms with E-state index in [4.69, 9.17) is 0 Å². The van der Waals surface area contributed by atoms with Gasteiger partial charge >= 0.3 is 0 Å². The number of fused-ring (bicyclic) bond motifs is 1. The Labute approximate surface area is 240 Å². The highest BCUT2D eigenvalue weighted by Crippen LogP contribution is 2.19. The molecule has 5 aromatic carbocycles. The molecule has 0 saturated heterocycles. The zero-order chi connectivity index (χ0) is 28.4. The third kappa shape index (κ3) is 6.97. The number of likely N-dealkylation sites (N-methyl/N-ethyl adjacent to an activating group) is 1. The van der Waals surface area contributed by atoms with Crippen LogP contribution in [0.5, 0.6) is 0 Å². The molecular weight excluding hydrogens is 485 g/mol. The highest BCUT2D eigenvalue weighted by atomic mass is 16.1. The average molecular weight is 528 g/mol. The summed E-state index contributed by atoms with van der Waals surface area (Å²) in [6, 6.07) is 47.1. The van der Waals surface area contributed by atoms with Crippen LogP contribution in [-0.4, -0.2) is 44.1 Å². The molecule has 0 N–H and O–H groups in total. The van der Waals surface area contributed by atoms with E-state index in [1.807, 2.05) is 63.6 Å². The molecule has 0 aliphatic carbocycles. The van der Waals surface area contributed by atoms with Crippen molar-refractivity contribution in [2.75, 3.05) is 27.7 Å². The Kier molecular flexibility index (Phi) is 9.74. The number of hydrogen-bond donors (Lipinski definition) is 0. The summed E-state index contributed by atoms with van der Waals surface area (Å²) in [7, 11) is 6.09. The van der Waals surface area contributed by atoms with Crippen LogP contribution in [0.1, 0.15) is 30.1 Å². The van der Waals surface area contributed by atoms with Gasteiger partial charge in [-0.25, -0.2) is 0 Å². The fraction of sp³-hybridized carbons (Fsp3) is 0.216. The molecule has 0 unspecified atom stereocenters. The van der Waals surface area contributed by atoms with Crippen LogP contribution in [0.25, 0.3) is 10.8 Å². The lowest BCUT2D eigenvalue weighted by Gasteiger charge is -2.43. The largest absolute Gasteiger partial charge is 0.324 e. The molecule has 40 heavy (non-hydrogen) atoms. The molecule has 204 valence electrons. The first-order chi connectivity index (χ1) is 19.3. The minimum atomic E-state index is -0.913. The van der Waals surface area contributed by atoms with E-state index in [1.165, 1.54) is 35.6 Å². The number of benzene rings is 5. The van der Waals surface area contributed by atoms with Gasteiger partial charge in [-0.2, -0.15) is 22.7 Å². The fourth-order valence-electron chi connectivity index (χ4n) is 5.92. The summed E-state index contributed by atoms with van der Waals surface area (Å²) < 4.78 is 0.655. The van der Waals surface area contributed by atoms with E-state index in [0.717, 1.165) is 16.3 Å². The van der Waals surface area contributed by atoms with E-state index in [2.05, 4.69) is 97.9 Å². The third-order valence-corrected chi connectivity index (χ3v) is 7.80. The number of unbranched alkanes of at least 4 members (excludes halogenated alkanes) is 1. The van der Waals surface area contributed by atoms with Gasteiger partial charge in [0.15, 0.2) is 0 Å². The fourth-order valence-corrected chi connectivity index (χ4v) is 5.92. The van der Waals surface area contributed by atoms with Crippen LogP contribution in [0, 0.1) is 0 Å². The van der Waals surface area contributed by atoms with Crippen LogP contribution in [-0.2, 0) is 0 Å². The zero-order valence-corrected chi connectivity index (χ0v) is 24.5. The van der Waals surface area contributed by atoms with Crippen molar-refractivity contribution in [3.63, 3.8) is 0 Å². The van der Waals surface area contributed by atoms with Gasteiger partial charge in [0.2, 0.25) is 5.78 Å². The second kappa shape index (κ2) is 13.4. The predicted octanol–water partition coefficient (Wildman–Crippen LogP) is 6.69. The molecular formula is C37H42BNO. The van der Waals surface area contributed by atoms with Gasteiger partial charge in [0.1, 0.15) is 6.54 Å². The SMILES string of the molecule is CCCC[B-](c1ccccc1)(c1ccccc1)c1ccccc1.C[N+](C)(C)CC(=O)c1cccc2ccccc12. The lowest BCUT2D eigenvalue weighted by Crippen LogP contribution is -2.66. The Hall–Kier alpha value is -3.95. The summed E-state index contributed by atoms with van der Waals surface area (Å²) in [5, 5.41) is 2.17. The Morgan fingerprint density at radius 3 is 1.52 bits per heavy atom. The van der Waals surface area contributed by atoms with Crippen LogP contribution in [0.15, 0.2) is 133 Å². The van der Waals surface area contributed by atoms with Gasteiger partial charge < -0.3 is 4.48 Å². The number of rotatable bonds is 9. The zero-order valence-electron chi connectivity index (χ0n) is 24.5. The lowest BCUT2D eigenvalue weighted by atomic mass is 9.14. The monoisotopic (exact) mass is 527 g/mol. The molecule has 5 aromatic rings. The minimum absolute atomic E-state index is 0.203. The maximum absolute atomic E-state index is 12.3. The number of nitrogens with zero attached hydrogens (tertiary/aromatic N) is 1. The maximum Gasteiger partial charge on any atom is 0.217 e. The van der Waals surface area contributed by atoms with Crippen LogP contribution in [0.2, 0.25) is 6.32 Å². The summed E-state index contributed by atoms with van der Waals surface area (Å²) in [6.45, 7) is 2.80. The van der Waals surface area contributed by atoms with Crippen LogP contribution >= 0.6 is 0 Å². The Bertz CT molecular complexity index is 1390. The molecule has 0 amide bonds. The van der Waals surface area contributed by atoms with E-state index in [1.54, 1.807) is 0 Å². The molecule has 0 bridgehead atoms. The Morgan fingerprint density at radius 1 is 0.600 bits per heavy atom. The lowest BCUT2D eigenvalue weighted by molar-refractivity contribution is -0.861. The number of carbonyl (C=O) groups is 1. The summed E-state index contributed by atoms with van der Waals surface area (Å²) in [5.41, 5.74) is 5.16. The van der Waals surface area contributed by atoms with Gasteiger partial charge in [-0.3, -0.25) is 4.79 Å².